The lowest BCUT2D eigenvalue weighted by atomic mass is 10.00. The molecule has 1 amide bonds. The molecule has 0 radical (unpaired) electrons. The van der Waals surface area contributed by atoms with Crippen LogP contribution in [0.2, 0.25) is 0 Å². The number of carbonyl (C=O) groups is 1. The number of amides is 1. The quantitative estimate of drug-likeness (QED) is 0.922. The maximum absolute atomic E-state index is 12.4. The zero-order valence-corrected chi connectivity index (χ0v) is 14.3. The van der Waals surface area contributed by atoms with Crippen molar-refractivity contribution >= 4 is 17.3 Å². The van der Waals surface area contributed by atoms with E-state index in [9.17, 15) is 4.79 Å². The van der Waals surface area contributed by atoms with Gasteiger partial charge in [0.25, 0.3) is 5.91 Å². The third kappa shape index (κ3) is 3.40. The smallest absolute Gasteiger partial charge is 0.255 e. The lowest BCUT2D eigenvalue weighted by Gasteiger charge is -2.32. The van der Waals surface area contributed by atoms with E-state index >= 15 is 0 Å². The molecule has 0 aromatic heterocycles. The number of nitrogens with zero attached hydrogens (tertiary/aromatic N) is 1. The number of rotatable bonds is 3. The monoisotopic (exact) mass is 338 g/mol. The summed E-state index contributed by atoms with van der Waals surface area (Å²) in [5.74, 6) is 1.87. The first-order valence-corrected chi connectivity index (χ1v) is 8.75. The highest BCUT2D eigenvalue weighted by Gasteiger charge is 2.18. The maximum atomic E-state index is 12.4. The fourth-order valence-electron chi connectivity index (χ4n) is 3.42. The van der Waals surface area contributed by atoms with Crippen molar-refractivity contribution in [2.45, 2.75) is 19.8 Å². The van der Waals surface area contributed by atoms with Gasteiger partial charge in [0, 0.05) is 30.0 Å². The number of carbonyl (C=O) groups excluding carboxylic acids is 1. The Morgan fingerprint density at radius 1 is 1.12 bits per heavy atom. The van der Waals surface area contributed by atoms with Crippen LogP contribution in [-0.2, 0) is 0 Å². The summed E-state index contributed by atoms with van der Waals surface area (Å²) >= 11 is 0. The van der Waals surface area contributed by atoms with Crippen LogP contribution in [0.4, 0.5) is 11.4 Å². The molecule has 5 heteroatoms. The molecule has 1 unspecified atom stereocenters. The molecule has 130 valence electrons. The third-order valence-electron chi connectivity index (χ3n) is 4.78. The fraction of sp³-hybridized carbons (Fsp3) is 0.350. The highest BCUT2D eigenvalue weighted by atomic mass is 16.7. The van der Waals surface area contributed by atoms with Crippen molar-refractivity contribution in [1.82, 2.24) is 0 Å². The van der Waals surface area contributed by atoms with Gasteiger partial charge in [-0.15, -0.1) is 0 Å². The molecule has 1 atom stereocenters. The van der Waals surface area contributed by atoms with Crippen LogP contribution in [0.25, 0.3) is 0 Å². The molecule has 1 fully saturated rings. The predicted molar refractivity (Wildman–Crippen MR) is 97.6 cm³/mol. The zero-order valence-electron chi connectivity index (χ0n) is 14.3. The van der Waals surface area contributed by atoms with E-state index in [0.29, 0.717) is 17.1 Å². The summed E-state index contributed by atoms with van der Waals surface area (Å²) in [4.78, 5) is 14.8. The first-order valence-electron chi connectivity index (χ1n) is 8.75. The molecular weight excluding hydrogens is 316 g/mol. The lowest BCUT2D eigenvalue weighted by molar-refractivity contribution is 0.102. The molecule has 1 saturated heterocycles. The number of fused-ring (bicyclic) bond motifs is 1. The SMILES string of the molecule is CC1CCCN(c2ccc(NC(=O)c3ccc4c(c3)OCO4)cc2)C1. The highest BCUT2D eigenvalue weighted by molar-refractivity contribution is 6.04. The Hall–Kier alpha value is -2.69. The van der Waals surface area contributed by atoms with E-state index in [4.69, 9.17) is 9.47 Å². The number of hydrogen-bond donors (Lipinski definition) is 1. The molecule has 2 aliphatic heterocycles. The van der Waals surface area contributed by atoms with Crippen molar-refractivity contribution in [3.63, 3.8) is 0 Å². The Morgan fingerprint density at radius 3 is 2.72 bits per heavy atom. The number of piperidine rings is 1. The molecule has 25 heavy (non-hydrogen) atoms. The topological polar surface area (TPSA) is 50.8 Å². The molecule has 5 nitrogen and oxygen atoms in total. The van der Waals surface area contributed by atoms with Gasteiger partial charge in [-0.05, 0) is 61.2 Å². The average molecular weight is 338 g/mol. The van der Waals surface area contributed by atoms with Crippen molar-refractivity contribution in [1.29, 1.82) is 0 Å². The Kier molecular flexibility index (Phi) is 4.22. The van der Waals surface area contributed by atoms with Gasteiger partial charge in [0.2, 0.25) is 6.79 Å². The highest BCUT2D eigenvalue weighted by Crippen LogP contribution is 2.32. The van der Waals surface area contributed by atoms with Crippen LogP contribution < -0.4 is 19.7 Å². The van der Waals surface area contributed by atoms with Crippen LogP contribution in [0.1, 0.15) is 30.1 Å². The summed E-state index contributed by atoms with van der Waals surface area (Å²) in [5, 5.41) is 2.93. The van der Waals surface area contributed by atoms with E-state index in [1.165, 1.54) is 18.5 Å². The Morgan fingerprint density at radius 2 is 1.92 bits per heavy atom. The van der Waals surface area contributed by atoms with Crippen molar-refractivity contribution in [3.8, 4) is 11.5 Å². The fourth-order valence-corrected chi connectivity index (χ4v) is 3.42. The van der Waals surface area contributed by atoms with Gasteiger partial charge in [0.1, 0.15) is 0 Å². The van der Waals surface area contributed by atoms with E-state index in [-0.39, 0.29) is 12.7 Å². The van der Waals surface area contributed by atoms with E-state index in [1.807, 2.05) is 12.1 Å². The summed E-state index contributed by atoms with van der Waals surface area (Å²) in [6, 6.07) is 13.3. The molecule has 2 aliphatic rings. The lowest BCUT2D eigenvalue weighted by Crippen LogP contribution is -2.34. The first-order chi connectivity index (χ1) is 12.2. The van der Waals surface area contributed by atoms with Crippen LogP contribution >= 0.6 is 0 Å². The van der Waals surface area contributed by atoms with Crippen LogP contribution in [0.15, 0.2) is 42.5 Å². The summed E-state index contributed by atoms with van der Waals surface area (Å²) in [6.07, 6.45) is 2.55. The van der Waals surface area contributed by atoms with Crippen molar-refractivity contribution in [2.24, 2.45) is 5.92 Å². The Bertz CT molecular complexity index is 773. The minimum absolute atomic E-state index is 0.155. The molecule has 0 aliphatic carbocycles. The number of hydrogen-bond acceptors (Lipinski definition) is 4. The van der Waals surface area contributed by atoms with Gasteiger partial charge in [-0.3, -0.25) is 4.79 Å². The standard InChI is InChI=1S/C20H22N2O3/c1-14-3-2-10-22(12-14)17-7-5-16(6-8-17)21-20(23)15-4-9-18-19(11-15)25-13-24-18/h4-9,11,14H,2-3,10,12-13H2,1H3,(H,21,23). The zero-order chi connectivity index (χ0) is 17.2. The average Bonchev–Trinajstić information content (AvgIpc) is 3.10. The Labute approximate surface area is 147 Å². The maximum Gasteiger partial charge on any atom is 0.255 e. The molecule has 0 spiro atoms. The number of nitrogens with one attached hydrogen (secondary N) is 1. The van der Waals surface area contributed by atoms with E-state index < -0.39 is 0 Å². The number of anilines is 2. The second-order valence-electron chi connectivity index (χ2n) is 6.76. The molecule has 0 bridgehead atoms. The van der Waals surface area contributed by atoms with Crippen molar-refractivity contribution < 1.29 is 14.3 Å². The van der Waals surface area contributed by atoms with Crippen LogP contribution in [0.3, 0.4) is 0 Å². The third-order valence-corrected chi connectivity index (χ3v) is 4.78. The summed E-state index contributed by atoms with van der Waals surface area (Å²) < 4.78 is 10.6. The number of benzene rings is 2. The van der Waals surface area contributed by atoms with Gasteiger partial charge in [-0.25, -0.2) is 0 Å². The van der Waals surface area contributed by atoms with Gasteiger partial charge in [0.15, 0.2) is 11.5 Å². The molecule has 4 rings (SSSR count). The van der Waals surface area contributed by atoms with Crippen LogP contribution in [0.5, 0.6) is 11.5 Å². The minimum Gasteiger partial charge on any atom is -0.454 e. The molecule has 2 aromatic rings. The van der Waals surface area contributed by atoms with Gasteiger partial charge in [0.05, 0.1) is 0 Å². The molecule has 2 heterocycles. The Balaban J connectivity index is 1.43. The molecule has 2 aromatic carbocycles. The second kappa shape index (κ2) is 6.67. The summed E-state index contributed by atoms with van der Waals surface area (Å²) in [6.45, 7) is 4.71. The van der Waals surface area contributed by atoms with Crippen molar-refractivity contribution in [3.05, 3.63) is 48.0 Å². The van der Waals surface area contributed by atoms with Crippen LogP contribution in [-0.4, -0.2) is 25.8 Å². The van der Waals surface area contributed by atoms with E-state index in [1.54, 1.807) is 18.2 Å². The number of ether oxygens (including phenoxy) is 2. The minimum atomic E-state index is -0.155. The summed E-state index contributed by atoms with van der Waals surface area (Å²) in [5.41, 5.74) is 2.56. The van der Waals surface area contributed by atoms with E-state index in [2.05, 4.69) is 29.3 Å². The first kappa shape index (κ1) is 15.8. The predicted octanol–water partition coefficient (Wildman–Crippen LogP) is 3.90. The molecule has 1 N–H and O–H groups in total. The summed E-state index contributed by atoms with van der Waals surface area (Å²) in [7, 11) is 0. The molecular formula is C20H22N2O3. The second-order valence-corrected chi connectivity index (χ2v) is 6.76. The van der Waals surface area contributed by atoms with E-state index in [0.717, 1.165) is 24.7 Å². The largest absolute Gasteiger partial charge is 0.454 e. The van der Waals surface area contributed by atoms with Gasteiger partial charge in [-0.1, -0.05) is 6.92 Å². The normalized spacial score (nSPS) is 18.9. The van der Waals surface area contributed by atoms with Gasteiger partial charge >= 0.3 is 0 Å². The van der Waals surface area contributed by atoms with Gasteiger partial charge in [-0.2, -0.15) is 0 Å². The van der Waals surface area contributed by atoms with Crippen molar-refractivity contribution in [2.75, 3.05) is 30.1 Å². The molecule has 0 saturated carbocycles. The van der Waals surface area contributed by atoms with Crippen LogP contribution in [0, 0.1) is 5.92 Å². The van der Waals surface area contributed by atoms with Gasteiger partial charge < -0.3 is 19.7 Å².